The van der Waals surface area contributed by atoms with Gasteiger partial charge in [0.2, 0.25) is 11.7 Å². The van der Waals surface area contributed by atoms with Crippen molar-refractivity contribution < 1.29 is 4.52 Å². The molecular formula is C13H12BrN3O. The molecule has 0 saturated carbocycles. The summed E-state index contributed by atoms with van der Waals surface area (Å²) in [4.78, 5) is 4.33. The van der Waals surface area contributed by atoms with Gasteiger partial charge in [-0.2, -0.15) is 10.2 Å². The molecule has 0 aliphatic heterocycles. The Kier molecular flexibility index (Phi) is 4.11. The maximum Gasteiger partial charge on any atom is 0.227 e. The molecule has 0 aliphatic carbocycles. The molecule has 1 aromatic heterocycles. The van der Waals surface area contributed by atoms with Crippen molar-refractivity contribution in [3.63, 3.8) is 0 Å². The van der Waals surface area contributed by atoms with Crippen LogP contribution in [-0.4, -0.2) is 10.1 Å². The minimum absolute atomic E-state index is 0.230. The zero-order chi connectivity index (χ0) is 13.0. The van der Waals surface area contributed by atoms with Crippen molar-refractivity contribution >= 4 is 15.9 Å². The molecule has 0 aliphatic rings. The highest BCUT2D eigenvalue weighted by molar-refractivity contribution is 9.10. The van der Waals surface area contributed by atoms with E-state index in [0.717, 1.165) is 10.0 Å². The van der Waals surface area contributed by atoms with Gasteiger partial charge in [0.05, 0.1) is 6.07 Å². The Hall–Kier alpha value is -1.67. The van der Waals surface area contributed by atoms with Crippen molar-refractivity contribution in [2.75, 3.05) is 0 Å². The van der Waals surface area contributed by atoms with Crippen LogP contribution in [-0.2, 0) is 6.42 Å². The number of halogens is 1. The third-order valence-electron chi connectivity index (χ3n) is 2.53. The van der Waals surface area contributed by atoms with E-state index in [1.807, 2.05) is 31.2 Å². The van der Waals surface area contributed by atoms with E-state index in [9.17, 15) is 0 Å². The summed E-state index contributed by atoms with van der Waals surface area (Å²) in [6, 6.07) is 9.86. The first kappa shape index (κ1) is 12.8. The highest BCUT2D eigenvalue weighted by Crippen LogP contribution is 2.20. The van der Waals surface area contributed by atoms with Crippen LogP contribution in [0.5, 0.6) is 0 Å². The zero-order valence-electron chi connectivity index (χ0n) is 9.93. The summed E-state index contributed by atoms with van der Waals surface area (Å²) in [7, 11) is 0. The Labute approximate surface area is 114 Å². The van der Waals surface area contributed by atoms with Crippen LogP contribution in [0, 0.1) is 17.2 Å². The molecule has 0 N–H and O–H groups in total. The van der Waals surface area contributed by atoms with Crippen LogP contribution in [0.3, 0.4) is 0 Å². The Bertz CT molecular complexity index is 556. The molecule has 1 aromatic carbocycles. The number of rotatable bonds is 4. The minimum Gasteiger partial charge on any atom is -0.339 e. The highest BCUT2D eigenvalue weighted by atomic mass is 79.9. The molecule has 0 spiro atoms. The third kappa shape index (κ3) is 3.17. The smallest absolute Gasteiger partial charge is 0.227 e. The normalized spacial score (nSPS) is 12.1. The van der Waals surface area contributed by atoms with Gasteiger partial charge in [0, 0.05) is 22.9 Å². The minimum atomic E-state index is 0.230. The molecule has 92 valence electrons. The maximum atomic E-state index is 8.60. The number of nitriles is 1. The Balaban J connectivity index is 2.11. The van der Waals surface area contributed by atoms with Crippen LogP contribution in [0.1, 0.15) is 19.2 Å². The number of nitrogens with zero attached hydrogens (tertiary/aromatic N) is 3. The van der Waals surface area contributed by atoms with Crippen molar-refractivity contribution in [2.24, 2.45) is 5.92 Å². The summed E-state index contributed by atoms with van der Waals surface area (Å²) in [6.45, 7) is 1.99. The van der Waals surface area contributed by atoms with E-state index in [-0.39, 0.29) is 5.92 Å². The lowest BCUT2D eigenvalue weighted by atomic mass is 10.1. The molecule has 18 heavy (non-hydrogen) atoms. The van der Waals surface area contributed by atoms with E-state index in [2.05, 4.69) is 32.1 Å². The van der Waals surface area contributed by atoms with Crippen LogP contribution in [0.25, 0.3) is 11.4 Å². The molecule has 1 heterocycles. The Morgan fingerprint density at radius 2 is 2.11 bits per heavy atom. The van der Waals surface area contributed by atoms with Crippen molar-refractivity contribution in [1.29, 1.82) is 5.26 Å². The average Bonchev–Trinajstić information content (AvgIpc) is 2.78. The maximum absolute atomic E-state index is 8.60. The number of aromatic nitrogens is 2. The van der Waals surface area contributed by atoms with E-state index < -0.39 is 0 Å². The number of hydrogen-bond donors (Lipinski definition) is 0. The molecule has 1 unspecified atom stereocenters. The van der Waals surface area contributed by atoms with Gasteiger partial charge in [0.1, 0.15) is 0 Å². The number of hydrogen-bond acceptors (Lipinski definition) is 4. The molecule has 0 amide bonds. The molecule has 0 bridgehead atoms. The second-order valence-electron chi connectivity index (χ2n) is 4.19. The van der Waals surface area contributed by atoms with Crippen molar-refractivity contribution in [2.45, 2.75) is 19.8 Å². The Morgan fingerprint density at radius 1 is 1.39 bits per heavy atom. The molecule has 5 heteroatoms. The van der Waals surface area contributed by atoms with Crippen molar-refractivity contribution in [1.82, 2.24) is 10.1 Å². The lowest BCUT2D eigenvalue weighted by Gasteiger charge is -2.00. The van der Waals surface area contributed by atoms with Gasteiger partial charge in [0.15, 0.2) is 0 Å². The summed E-state index contributed by atoms with van der Waals surface area (Å²) in [5.74, 6) is 1.39. The first-order valence-corrected chi connectivity index (χ1v) is 6.44. The second-order valence-corrected chi connectivity index (χ2v) is 5.11. The summed E-state index contributed by atoms with van der Waals surface area (Å²) < 4.78 is 6.20. The predicted octanol–water partition coefficient (Wildman–Crippen LogP) is 3.59. The van der Waals surface area contributed by atoms with Gasteiger partial charge in [-0.15, -0.1) is 0 Å². The van der Waals surface area contributed by atoms with Crippen LogP contribution < -0.4 is 0 Å². The van der Waals surface area contributed by atoms with Gasteiger partial charge in [-0.1, -0.05) is 28.0 Å². The quantitative estimate of drug-likeness (QED) is 0.866. The second kappa shape index (κ2) is 5.78. The number of benzene rings is 1. The molecule has 0 radical (unpaired) electrons. The van der Waals surface area contributed by atoms with E-state index in [1.165, 1.54) is 0 Å². The van der Waals surface area contributed by atoms with Gasteiger partial charge in [-0.25, -0.2) is 0 Å². The molecule has 0 fully saturated rings. The van der Waals surface area contributed by atoms with Crippen LogP contribution in [0.2, 0.25) is 0 Å². The third-order valence-corrected chi connectivity index (χ3v) is 3.06. The van der Waals surface area contributed by atoms with E-state index in [4.69, 9.17) is 9.78 Å². The monoisotopic (exact) mass is 305 g/mol. The summed E-state index contributed by atoms with van der Waals surface area (Å²) in [5.41, 5.74) is 0.918. The predicted molar refractivity (Wildman–Crippen MR) is 70.5 cm³/mol. The van der Waals surface area contributed by atoms with Gasteiger partial charge in [-0.3, -0.25) is 0 Å². The first-order chi connectivity index (χ1) is 8.69. The Morgan fingerprint density at radius 3 is 2.78 bits per heavy atom. The van der Waals surface area contributed by atoms with Crippen LogP contribution in [0.15, 0.2) is 33.3 Å². The van der Waals surface area contributed by atoms with E-state index in [0.29, 0.717) is 24.6 Å². The van der Waals surface area contributed by atoms with Crippen LogP contribution >= 0.6 is 15.9 Å². The molecule has 1 atom stereocenters. The summed E-state index contributed by atoms with van der Waals surface area (Å²) in [5, 5.41) is 12.5. The fourth-order valence-electron chi connectivity index (χ4n) is 1.58. The topological polar surface area (TPSA) is 62.7 Å². The highest BCUT2D eigenvalue weighted by Gasteiger charge is 2.11. The summed E-state index contributed by atoms with van der Waals surface area (Å²) >= 11 is 3.38. The first-order valence-electron chi connectivity index (χ1n) is 5.64. The molecule has 0 saturated heterocycles. The fourth-order valence-corrected chi connectivity index (χ4v) is 1.84. The van der Waals surface area contributed by atoms with Crippen molar-refractivity contribution in [3.8, 4) is 17.5 Å². The van der Waals surface area contributed by atoms with Crippen LogP contribution in [0.4, 0.5) is 0 Å². The standard InChI is InChI=1S/C13H12BrN3O/c1-9(6-7-15)8-12-16-13(17-18-12)10-2-4-11(14)5-3-10/h2-5,9H,6,8H2,1H3. The zero-order valence-corrected chi connectivity index (χ0v) is 11.5. The van der Waals surface area contributed by atoms with Gasteiger partial charge in [-0.05, 0) is 30.2 Å². The molecule has 2 rings (SSSR count). The van der Waals surface area contributed by atoms with Crippen molar-refractivity contribution in [3.05, 3.63) is 34.6 Å². The van der Waals surface area contributed by atoms with Gasteiger partial charge < -0.3 is 4.52 Å². The summed E-state index contributed by atoms with van der Waals surface area (Å²) in [6.07, 6.45) is 1.13. The van der Waals surface area contributed by atoms with Gasteiger partial charge >= 0.3 is 0 Å². The molecule has 4 nitrogen and oxygen atoms in total. The lowest BCUT2D eigenvalue weighted by Crippen LogP contribution is -1.98. The molecule has 2 aromatic rings. The molecular weight excluding hydrogens is 294 g/mol. The largest absolute Gasteiger partial charge is 0.339 e. The van der Waals surface area contributed by atoms with Gasteiger partial charge in [0.25, 0.3) is 0 Å². The SMILES string of the molecule is CC(CC#N)Cc1nc(-c2ccc(Br)cc2)no1. The lowest BCUT2D eigenvalue weighted by molar-refractivity contribution is 0.359. The average molecular weight is 306 g/mol. The van der Waals surface area contributed by atoms with E-state index in [1.54, 1.807) is 0 Å². The fraction of sp³-hybridized carbons (Fsp3) is 0.308. The van der Waals surface area contributed by atoms with E-state index >= 15 is 0 Å².